The van der Waals surface area contributed by atoms with Gasteiger partial charge in [-0.3, -0.25) is 0 Å². The van der Waals surface area contributed by atoms with Crippen molar-refractivity contribution in [3.05, 3.63) is 54.1 Å². The Morgan fingerprint density at radius 2 is 1.52 bits per heavy atom. The van der Waals surface area contributed by atoms with Crippen molar-refractivity contribution >= 4 is 23.1 Å². The molecular weight excluding hydrogens is 312 g/mol. The Hall–Kier alpha value is -3.00. The van der Waals surface area contributed by atoms with Crippen LogP contribution in [-0.2, 0) is 0 Å². The van der Waals surface area contributed by atoms with E-state index in [9.17, 15) is 4.79 Å². The third-order valence-electron chi connectivity index (χ3n) is 4.55. The van der Waals surface area contributed by atoms with Crippen LogP contribution in [0.15, 0.2) is 48.5 Å². The molecule has 1 aliphatic rings. The maximum absolute atomic E-state index is 12.1. The molecule has 1 saturated heterocycles. The molecule has 3 rings (SSSR count). The van der Waals surface area contributed by atoms with E-state index in [0.717, 1.165) is 24.7 Å². The minimum atomic E-state index is -0.302. The van der Waals surface area contributed by atoms with Gasteiger partial charge in [-0.15, -0.1) is 0 Å². The van der Waals surface area contributed by atoms with E-state index in [-0.39, 0.29) is 6.03 Å². The first kappa shape index (κ1) is 16.8. The van der Waals surface area contributed by atoms with E-state index in [1.807, 2.05) is 30.3 Å². The Balaban J connectivity index is 1.55. The van der Waals surface area contributed by atoms with Crippen LogP contribution in [0.5, 0.6) is 0 Å². The molecule has 1 fully saturated rings. The SMILES string of the molecule is CC1CCN(c2ccc(NC(=O)Nc3ccc(C#N)cc3)cc2)CC1. The molecule has 5 heteroatoms. The molecule has 2 N–H and O–H groups in total. The lowest BCUT2D eigenvalue weighted by atomic mass is 9.99. The van der Waals surface area contributed by atoms with Crippen LogP contribution in [0.4, 0.5) is 21.9 Å². The molecule has 0 radical (unpaired) electrons. The van der Waals surface area contributed by atoms with Crippen molar-refractivity contribution in [2.24, 2.45) is 5.92 Å². The summed E-state index contributed by atoms with van der Waals surface area (Å²) in [7, 11) is 0. The fourth-order valence-corrected chi connectivity index (χ4v) is 2.94. The minimum absolute atomic E-state index is 0.302. The van der Waals surface area contributed by atoms with E-state index in [4.69, 9.17) is 5.26 Å². The first-order valence-corrected chi connectivity index (χ1v) is 8.57. The standard InChI is InChI=1S/C20H22N4O/c1-15-10-12-24(13-11-15)19-8-6-18(7-9-19)23-20(25)22-17-4-2-16(14-21)3-5-17/h2-9,15H,10-13H2,1H3,(H2,22,23,25). The lowest BCUT2D eigenvalue weighted by Crippen LogP contribution is -2.32. The maximum atomic E-state index is 12.1. The predicted molar refractivity (Wildman–Crippen MR) is 101 cm³/mol. The van der Waals surface area contributed by atoms with Crippen molar-refractivity contribution < 1.29 is 4.79 Å². The highest BCUT2D eigenvalue weighted by Crippen LogP contribution is 2.24. The number of nitriles is 1. The topological polar surface area (TPSA) is 68.2 Å². The van der Waals surface area contributed by atoms with E-state index < -0.39 is 0 Å². The summed E-state index contributed by atoms with van der Waals surface area (Å²) < 4.78 is 0. The maximum Gasteiger partial charge on any atom is 0.323 e. The Kier molecular flexibility index (Phi) is 5.20. The summed E-state index contributed by atoms with van der Waals surface area (Å²) >= 11 is 0. The van der Waals surface area contributed by atoms with Gasteiger partial charge in [0.05, 0.1) is 11.6 Å². The molecule has 0 atom stereocenters. The van der Waals surface area contributed by atoms with Crippen LogP contribution in [0.3, 0.4) is 0 Å². The number of rotatable bonds is 3. The molecule has 0 spiro atoms. The Morgan fingerprint density at radius 1 is 1.00 bits per heavy atom. The van der Waals surface area contributed by atoms with Crippen molar-refractivity contribution in [2.75, 3.05) is 28.6 Å². The fraction of sp³-hybridized carbons (Fsp3) is 0.300. The number of benzene rings is 2. The molecule has 2 aromatic carbocycles. The molecule has 0 unspecified atom stereocenters. The summed E-state index contributed by atoms with van der Waals surface area (Å²) in [5.74, 6) is 0.808. The van der Waals surface area contributed by atoms with Crippen LogP contribution < -0.4 is 15.5 Å². The van der Waals surface area contributed by atoms with E-state index in [2.05, 4.69) is 22.5 Å². The predicted octanol–water partition coefficient (Wildman–Crippen LogP) is 4.44. The van der Waals surface area contributed by atoms with Gasteiger partial charge in [0.25, 0.3) is 0 Å². The zero-order chi connectivity index (χ0) is 17.6. The van der Waals surface area contributed by atoms with Gasteiger partial charge in [-0.1, -0.05) is 6.92 Å². The number of hydrogen-bond donors (Lipinski definition) is 2. The van der Waals surface area contributed by atoms with Crippen LogP contribution >= 0.6 is 0 Å². The molecule has 25 heavy (non-hydrogen) atoms. The highest BCUT2D eigenvalue weighted by Gasteiger charge is 2.15. The van der Waals surface area contributed by atoms with Gasteiger partial charge in [0.15, 0.2) is 0 Å². The summed E-state index contributed by atoms with van der Waals surface area (Å²) in [6.45, 7) is 4.48. The Morgan fingerprint density at radius 3 is 2.04 bits per heavy atom. The quantitative estimate of drug-likeness (QED) is 0.872. The first-order valence-electron chi connectivity index (χ1n) is 8.57. The smallest absolute Gasteiger partial charge is 0.323 e. The van der Waals surface area contributed by atoms with Crippen molar-refractivity contribution in [3.63, 3.8) is 0 Å². The van der Waals surface area contributed by atoms with Gasteiger partial charge < -0.3 is 15.5 Å². The van der Waals surface area contributed by atoms with Gasteiger partial charge in [-0.25, -0.2) is 4.79 Å². The van der Waals surface area contributed by atoms with Crippen LogP contribution in [-0.4, -0.2) is 19.1 Å². The van der Waals surface area contributed by atoms with Gasteiger partial charge in [0.2, 0.25) is 0 Å². The number of urea groups is 1. The monoisotopic (exact) mass is 334 g/mol. The summed E-state index contributed by atoms with van der Waals surface area (Å²) in [5.41, 5.74) is 3.16. The number of anilines is 3. The van der Waals surface area contributed by atoms with E-state index in [1.165, 1.54) is 18.5 Å². The molecule has 0 bridgehead atoms. The normalized spacial score (nSPS) is 14.6. The van der Waals surface area contributed by atoms with Crippen molar-refractivity contribution in [2.45, 2.75) is 19.8 Å². The summed E-state index contributed by atoms with van der Waals surface area (Å²) in [4.78, 5) is 14.5. The van der Waals surface area contributed by atoms with Crippen LogP contribution in [0.2, 0.25) is 0 Å². The average Bonchev–Trinajstić information content (AvgIpc) is 2.64. The van der Waals surface area contributed by atoms with Crippen molar-refractivity contribution in [3.8, 4) is 6.07 Å². The highest BCUT2D eigenvalue weighted by molar-refractivity contribution is 5.99. The van der Waals surface area contributed by atoms with Crippen LogP contribution in [0.1, 0.15) is 25.3 Å². The van der Waals surface area contributed by atoms with Gasteiger partial charge in [-0.2, -0.15) is 5.26 Å². The summed E-state index contributed by atoms with van der Waals surface area (Å²) in [5, 5.41) is 14.4. The van der Waals surface area contributed by atoms with Gasteiger partial charge in [-0.05, 0) is 67.3 Å². The number of hydrogen-bond acceptors (Lipinski definition) is 3. The second-order valence-corrected chi connectivity index (χ2v) is 6.48. The minimum Gasteiger partial charge on any atom is -0.372 e. The molecule has 5 nitrogen and oxygen atoms in total. The largest absolute Gasteiger partial charge is 0.372 e. The second-order valence-electron chi connectivity index (χ2n) is 6.48. The molecule has 2 aromatic rings. The first-order chi connectivity index (χ1) is 12.1. The number of nitrogens with zero attached hydrogens (tertiary/aromatic N) is 2. The zero-order valence-corrected chi connectivity index (χ0v) is 14.3. The Bertz CT molecular complexity index is 754. The zero-order valence-electron chi connectivity index (χ0n) is 14.3. The van der Waals surface area contributed by atoms with Crippen molar-refractivity contribution in [1.29, 1.82) is 5.26 Å². The van der Waals surface area contributed by atoms with Crippen molar-refractivity contribution in [1.82, 2.24) is 0 Å². The third-order valence-corrected chi connectivity index (χ3v) is 4.55. The molecule has 0 saturated carbocycles. The molecule has 0 aromatic heterocycles. The molecule has 128 valence electrons. The number of amides is 2. The van der Waals surface area contributed by atoms with Crippen LogP contribution in [0.25, 0.3) is 0 Å². The summed E-state index contributed by atoms with van der Waals surface area (Å²) in [6, 6.07) is 16.4. The molecule has 2 amide bonds. The van der Waals surface area contributed by atoms with E-state index >= 15 is 0 Å². The average molecular weight is 334 g/mol. The van der Waals surface area contributed by atoms with Gasteiger partial charge in [0, 0.05) is 30.2 Å². The lowest BCUT2D eigenvalue weighted by Gasteiger charge is -2.32. The molecule has 0 aliphatic carbocycles. The van der Waals surface area contributed by atoms with Crippen LogP contribution in [0, 0.1) is 17.2 Å². The van der Waals surface area contributed by atoms with Gasteiger partial charge in [0.1, 0.15) is 0 Å². The number of piperidine rings is 1. The third kappa shape index (κ3) is 4.51. The Labute approximate surface area is 148 Å². The highest BCUT2D eigenvalue weighted by atomic mass is 16.2. The molecule has 1 aliphatic heterocycles. The summed E-state index contributed by atoms with van der Waals surface area (Å²) in [6.07, 6.45) is 2.46. The number of nitrogens with one attached hydrogen (secondary N) is 2. The second kappa shape index (κ2) is 7.71. The van der Waals surface area contributed by atoms with Gasteiger partial charge >= 0.3 is 6.03 Å². The fourth-order valence-electron chi connectivity index (χ4n) is 2.94. The van der Waals surface area contributed by atoms with E-state index in [0.29, 0.717) is 11.3 Å². The number of carbonyl (C=O) groups excluding carboxylic acids is 1. The lowest BCUT2D eigenvalue weighted by molar-refractivity contribution is 0.262. The van der Waals surface area contributed by atoms with E-state index in [1.54, 1.807) is 24.3 Å². The number of carbonyl (C=O) groups is 1. The molecule has 1 heterocycles. The molecular formula is C20H22N4O.